The van der Waals surface area contributed by atoms with Crippen molar-refractivity contribution in [3.05, 3.63) is 58.6 Å². The van der Waals surface area contributed by atoms with Crippen LogP contribution in [-0.2, 0) is 22.6 Å². The molecule has 3 heterocycles. The standard InChI is InChI=1S/C22H24N4O4S/c27-20(12-23-22(28)29-14-16-5-2-1-3-6-16)26-9-4-7-17(13-26)11-19-24-21(25-30-19)18-8-10-31-15-18/h1-3,5-6,8,10,15,17H,4,7,9,11-14H2,(H,23,28)/t17-/m1/s1. The van der Waals surface area contributed by atoms with Gasteiger partial charge in [0.15, 0.2) is 0 Å². The maximum Gasteiger partial charge on any atom is 0.407 e. The molecule has 0 aliphatic carbocycles. The van der Waals surface area contributed by atoms with E-state index < -0.39 is 6.09 Å². The van der Waals surface area contributed by atoms with Gasteiger partial charge in [0.25, 0.3) is 0 Å². The van der Waals surface area contributed by atoms with Crippen molar-refractivity contribution in [2.75, 3.05) is 19.6 Å². The van der Waals surface area contributed by atoms with Crippen LogP contribution in [0.1, 0.15) is 24.3 Å². The van der Waals surface area contributed by atoms with Crippen LogP contribution in [0, 0.1) is 5.92 Å². The summed E-state index contributed by atoms with van der Waals surface area (Å²) in [7, 11) is 0. The smallest absolute Gasteiger partial charge is 0.407 e. The molecule has 2 aromatic heterocycles. The highest BCUT2D eigenvalue weighted by Gasteiger charge is 2.26. The van der Waals surface area contributed by atoms with Crippen LogP contribution in [0.25, 0.3) is 11.4 Å². The third-order valence-electron chi connectivity index (χ3n) is 5.18. The van der Waals surface area contributed by atoms with E-state index >= 15 is 0 Å². The van der Waals surface area contributed by atoms with Gasteiger partial charge in [-0.2, -0.15) is 16.3 Å². The predicted molar refractivity (Wildman–Crippen MR) is 115 cm³/mol. The van der Waals surface area contributed by atoms with Crippen molar-refractivity contribution in [2.24, 2.45) is 5.92 Å². The van der Waals surface area contributed by atoms with E-state index in [1.54, 1.807) is 16.2 Å². The van der Waals surface area contributed by atoms with Gasteiger partial charge < -0.3 is 19.5 Å². The second-order valence-electron chi connectivity index (χ2n) is 7.49. The number of nitrogens with zero attached hydrogens (tertiary/aromatic N) is 3. The molecule has 1 aromatic carbocycles. The Morgan fingerprint density at radius 2 is 2.13 bits per heavy atom. The minimum absolute atomic E-state index is 0.0802. The number of carbonyl (C=O) groups is 2. The van der Waals surface area contributed by atoms with Crippen LogP contribution in [0.3, 0.4) is 0 Å². The van der Waals surface area contributed by atoms with Crippen molar-refractivity contribution in [3.63, 3.8) is 0 Å². The maximum absolute atomic E-state index is 12.5. The topological polar surface area (TPSA) is 97.6 Å². The summed E-state index contributed by atoms with van der Waals surface area (Å²) in [6.07, 6.45) is 1.93. The quantitative estimate of drug-likeness (QED) is 0.604. The lowest BCUT2D eigenvalue weighted by atomic mass is 9.94. The molecule has 1 N–H and O–H groups in total. The highest BCUT2D eigenvalue weighted by atomic mass is 32.1. The second kappa shape index (κ2) is 10.2. The maximum atomic E-state index is 12.5. The molecule has 1 atom stereocenters. The van der Waals surface area contributed by atoms with Crippen molar-refractivity contribution in [1.29, 1.82) is 0 Å². The lowest BCUT2D eigenvalue weighted by Crippen LogP contribution is -2.45. The number of rotatable bonds is 7. The van der Waals surface area contributed by atoms with Crippen LogP contribution in [0.5, 0.6) is 0 Å². The van der Waals surface area contributed by atoms with Crippen molar-refractivity contribution < 1.29 is 18.8 Å². The zero-order chi connectivity index (χ0) is 21.5. The molecule has 1 aliphatic heterocycles. The number of thiophene rings is 1. The van der Waals surface area contributed by atoms with Crippen LogP contribution in [0.15, 0.2) is 51.7 Å². The van der Waals surface area contributed by atoms with Crippen LogP contribution in [0.2, 0.25) is 0 Å². The number of ether oxygens (including phenoxy) is 1. The fourth-order valence-corrected chi connectivity index (χ4v) is 4.22. The van der Waals surface area contributed by atoms with Crippen molar-refractivity contribution in [2.45, 2.75) is 25.9 Å². The largest absolute Gasteiger partial charge is 0.445 e. The van der Waals surface area contributed by atoms with Crippen LogP contribution in [-0.4, -0.2) is 46.7 Å². The summed E-state index contributed by atoms with van der Waals surface area (Å²) in [6.45, 7) is 1.38. The summed E-state index contributed by atoms with van der Waals surface area (Å²) in [5.74, 6) is 1.31. The number of amides is 2. The van der Waals surface area contributed by atoms with E-state index in [2.05, 4.69) is 15.5 Å². The highest BCUT2D eigenvalue weighted by Crippen LogP contribution is 2.23. The number of carbonyl (C=O) groups excluding carboxylic acids is 2. The number of alkyl carbamates (subject to hydrolysis) is 1. The molecule has 0 spiro atoms. The molecule has 8 nitrogen and oxygen atoms in total. The zero-order valence-corrected chi connectivity index (χ0v) is 17.8. The Bertz CT molecular complexity index is 990. The highest BCUT2D eigenvalue weighted by molar-refractivity contribution is 7.08. The number of aromatic nitrogens is 2. The molecular weight excluding hydrogens is 416 g/mol. The Balaban J connectivity index is 1.21. The monoisotopic (exact) mass is 440 g/mol. The number of benzene rings is 1. The van der Waals surface area contributed by atoms with Gasteiger partial charge in [0.2, 0.25) is 17.6 Å². The molecule has 0 saturated carbocycles. The summed E-state index contributed by atoms with van der Waals surface area (Å²) >= 11 is 1.59. The van der Waals surface area contributed by atoms with Crippen molar-refractivity contribution in [3.8, 4) is 11.4 Å². The Morgan fingerprint density at radius 3 is 2.94 bits per heavy atom. The van der Waals surface area contributed by atoms with E-state index in [4.69, 9.17) is 9.26 Å². The van der Waals surface area contributed by atoms with Gasteiger partial charge in [-0.15, -0.1) is 0 Å². The number of likely N-dealkylation sites (tertiary alicyclic amines) is 1. The first-order valence-corrected chi connectivity index (χ1v) is 11.2. The molecule has 3 aromatic rings. The van der Waals surface area contributed by atoms with Crippen molar-refractivity contribution >= 4 is 23.3 Å². The fourth-order valence-electron chi connectivity index (χ4n) is 3.59. The van der Waals surface area contributed by atoms with E-state index in [-0.39, 0.29) is 25.0 Å². The molecule has 1 aliphatic rings. The van der Waals surface area contributed by atoms with Gasteiger partial charge in [0.1, 0.15) is 13.2 Å². The molecule has 162 valence electrons. The Morgan fingerprint density at radius 1 is 1.26 bits per heavy atom. The fraction of sp³-hybridized carbons (Fsp3) is 0.364. The number of piperidine rings is 1. The summed E-state index contributed by atoms with van der Waals surface area (Å²) in [6, 6.07) is 11.4. The van der Waals surface area contributed by atoms with Crippen LogP contribution >= 0.6 is 11.3 Å². The SMILES string of the molecule is O=C(NCC(=O)N1CCC[C@H](Cc2nc(-c3ccsc3)no2)C1)OCc1ccccc1. The summed E-state index contributed by atoms with van der Waals surface area (Å²) in [4.78, 5) is 30.7. The Kier molecular flexibility index (Phi) is 6.93. The molecule has 4 rings (SSSR count). The van der Waals surface area contributed by atoms with Gasteiger partial charge in [-0.3, -0.25) is 4.79 Å². The predicted octanol–water partition coefficient (Wildman–Crippen LogP) is 3.51. The third kappa shape index (κ3) is 5.91. The zero-order valence-electron chi connectivity index (χ0n) is 17.0. The summed E-state index contributed by atoms with van der Waals surface area (Å²) in [5, 5.41) is 10.5. The molecule has 0 bridgehead atoms. The van der Waals surface area contributed by atoms with Crippen LogP contribution < -0.4 is 5.32 Å². The normalized spacial score (nSPS) is 16.1. The Labute approximate surface area is 184 Å². The molecule has 0 unspecified atom stereocenters. The molecule has 0 radical (unpaired) electrons. The third-order valence-corrected chi connectivity index (χ3v) is 5.86. The Hall–Kier alpha value is -3.20. The minimum atomic E-state index is -0.599. The number of nitrogens with one attached hydrogen (secondary N) is 1. The molecule has 1 saturated heterocycles. The first kappa shape index (κ1) is 21.0. The molecule has 9 heteroatoms. The van der Waals surface area contributed by atoms with Gasteiger partial charge in [0, 0.05) is 30.5 Å². The van der Waals surface area contributed by atoms with E-state index in [9.17, 15) is 9.59 Å². The van der Waals surface area contributed by atoms with E-state index in [1.807, 2.05) is 47.2 Å². The van der Waals surface area contributed by atoms with E-state index in [0.29, 0.717) is 31.2 Å². The van der Waals surface area contributed by atoms with Gasteiger partial charge in [-0.1, -0.05) is 35.5 Å². The molecule has 2 amide bonds. The first-order chi connectivity index (χ1) is 15.2. The average molecular weight is 441 g/mol. The van der Waals surface area contributed by atoms with Crippen molar-refractivity contribution in [1.82, 2.24) is 20.4 Å². The van der Waals surface area contributed by atoms with Gasteiger partial charge in [-0.25, -0.2) is 4.79 Å². The molecule has 1 fully saturated rings. The summed E-state index contributed by atoms with van der Waals surface area (Å²) < 4.78 is 10.5. The lowest BCUT2D eigenvalue weighted by Gasteiger charge is -2.32. The van der Waals surface area contributed by atoms with Gasteiger partial charge in [0.05, 0.1) is 0 Å². The lowest BCUT2D eigenvalue weighted by molar-refractivity contribution is -0.132. The van der Waals surface area contributed by atoms with Gasteiger partial charge in [-0.05, 0) is 35.8 Å². The summed E-state index contributed by atoms with van der Waals surface area (Å²) in [5.41, 5.74) is 1.84. The first-order valence-electron chi connectivity index (χ1n) is 10.2. The average Bonchev–Trinajstić information content (AvgIpc) is 3.49. The molecular formula is C22H24N4O4S. The number of hydrogen-bond acceptors (Lipinski definition) is 7. The van der Waals surface area contributed by atoms with E-state index in [1.165, 1.54) is 0 Å². The number of hydrogen-bond donors (Lipinski definition) is 1. The van der Waals surface area contributed by atoms with E-state index in [0.717, 1.165) is 24.0 Å². The molecule has 31 heavy (non-hydrogen) atoms. The van der Waals surface area contributed by atoms with Crippen LogP contribution in [0.4, 0.5) is 4.79 Å². The second-order valence-corrected chi connectivity index (χ2v) is 8.27. The van der Waals surface area contributed by atoms with Gasteiger partial charge >= 0.3 is 6.09 Å². The minimum Gasteiger partial charge on any atom is -0.445 e.